The molecule has 0 atom stereocenters. The summed E-state index contributed by atoms with van der Waals surface area (Å²) in [7, 11) is 0. The average molecular weight is 411 g/mol. The van der Waals surface area contributed by atoms with Crippen LogP contribution in [0.2, 0.25) is 0 Å². The molecule has 6 rings (SSSR count). The molecule has 6 nitrogen and oxygen atoms in total. The van der Waals surface area contributed by atoms with Crippen molar-refractivity contribution < 1.29 is 9.90 Å². The second-order valence-electron chi connectivity index (χ2n) is 10.1. The van der Waals surface area contributed by atoms with E-state index < -0.39 is 0 Å². The standard InChI is InChI=1S/C24H34N4O2/c1-2-27(6-7-29)14-20-15-28-21(4-3-5-22(28)26-20)23(30)25-16-24-11-17-8-18(12-24)10-19(9-17)13-24/h3-5,15,17-19,29H,2,6-14,16H2,1H3,(H,25,30). The molecule has 4 aliphatic carbocycles. The molecule has 30 heavy (non-hydrogen) atoms. The van der Waals surface area contributed by atoms with Crippen molar-refractivity contribution in [3.05, 3.63) is 35.8 Å². The lowest BCUT2D eigenvalue weighted by molar-refractivity contribution is -0.0503. The van der Waals surface area contributed by atoms with E-state index in [1.807, 2.05) is 28.8 Å². The van der Waals surface area contributed by atoms with E-state index in [1.165, 1.54) is 38.5 Å². The lowest BCUT2D eigenvalue weighted by Crippen LogP contribution is -2.51. The van der Waals surface area contributed by atoms with Crippen molar-refractivity contribution in [1.29, 1.82) is 0 Å². The van der Waals surface area contributed by atoms with E-state index >= 15 is 0 Å². The maximum Gasteiger partial charge on any atom is 0.268 e. The number of rotatable bonds is 8. The lowest BCUT2D eigenvalue weighted by Gasteiger charge is -2.56. The summed E-state index contributed by atoms with van der Waals surface area (Å²) in [5.74, 6) is 2.69. The first-order valence-corrected chi connectivity index (χ1v) is 11.7. The van der Waals surface area contributed by atoms with Crippen LogP contribution in [0.15, 0.2) is 24.4 Å². The van der Waals surface area contributed by atoms with Crippen LogP contribution >= 0.6 is 0 Å². The molecule has 0 aliphatic heterocycles. The third-order valence-corrected chi connectivity index (χ3v) is 7.81. The Bertz CT molecular complexity index is 886. The van der Waals surface area contributed by atoms with Crippen LogP contribution in [0.5, 0.6) is 0 Å². The van der Waals surface area contributed by atoms with E-state index in [0.717, 1.165) is 42.2 Å². The SMILES string of the molecule is CCN(CCO)Cc1cn2c(C(=O)NCC34CC5CC(CC(C5)C3)C4)cccc2n1. The van der Waals surface area contributed by atoms with E-state index in [-0.39, 0.29) is 12.5 Å². The number of pyridine rings is 1. The Labute approximate surface area is 178 Å². The molecule has 2 N–H and O–H groups in total. The minimum atomic E-state index is 0.00278. The van der Waals surface area contributed by atoms with Gasteiger partial charge in [-0.1, -0.05) is 13.0 Å². The van der Waals surface area contributed by atoms with E-state index in [9.17, 15) is 9.90 Å². The first-order chi connectivity index (χ1) is 14.6. The summed E-state index contributed by atoms with van der Waals surface area (Å²) in [5.41, 5.74) is 2.71. The van der Waals surface area contributed by atoms with Crippen LogP contribution in [0.3, 0.4) is 0 Å². The van der Waals surface area contributed by atoms with Crippen LogP contribution in [-0.4, -0.2) is 51.5 Å². The molecule has 1 amide bonds. The van der Waals surface area contributed by atoms with Crippen LogP contribution in [0.25, 0.3) is 5.65 Å². The number of likely N-dealkylation sites (N-methyl/N-ethyl adjacent to an activating group) is 1. The molecule has 2 aromatic heterocycles. The van der Waals surface area contributed by atoms with Crippen molar-refractivity contribution in [2.24, 2.45) is 23.2 Å². The zero-order chi connectivity index (χ0) is 20.7. The zero-order valence-electron chi connectivity index (χ0n) is 18.0. The smallest absolute Gasteiger partial charge is 0.268 e. The molecule has 0 unspecified atom stereocenters. The van der Waals surface area contributed by atoms with Gasteiger partial charge in [0.05, 0.1) is 12.3 Å². The number of carbonyl (C=O) groups is 1. The Kier molecular flexibility index (Phi) is 5.31. The molecule has 6 heteroatoms. The molecule has 4 aliphatic rings. The van der Waals surface area contributed by atoms with Gasteiger partial charge in [0, 0.05) is 25.8 Å². The molecule has 0 aromatic carbocycles. The van der Waals surface area contributed by atoms with Crippen LogP contribution in [0.1, 0.15) is 61.6 Å². The van der Waals surface area contributed by atoms with E-state index in [2.05, 4.69) is 17.1 Å². The number of hydrogen-bond donors (Lipinski definition) is 2. The summed E-state index contributed by atoms with van der Waals surface area (Å²) in [5, 5.41) is 12.5. The fraction of sp³-hybridized carbons (Fsp3) is 0.667. The fourth-order valence-corrected chi connectivity index (χ4v) is 6.91. The predicted molar refractivity (Wildman–Crippen MR) is 116 cm³/mol. The summed E-state index contributed by atoms with van der Waals surface area (Å²) < 4.78 is 1.91. The van der Waals surface area contributed by atoms with Gasteiger partial charge in [-0.2, -0.15) is 0 Å². The molecule has 0 spiro atoms. The summed E-state index contributed by atoms with van der Waals surface area (Å²) in [6.45, 7) is 5.18. The lowest BCUT2D eigenvalue weighted by atomic mass is 9.49. The van der Waals surface area contributed by atoms with Gasteiger partial charge in [0.1, 0.15) is 11.3 Å². The van der Waals surface area contributed by atoms with Gasteiger partial charge in [-0.15, -0.1) is 0 Å². The molecule has 0 radical (unpaired) electrons. The molecule has 2 heterocycles. The third-order valence-electron chi connectivity index (χ3n) is 7.81. The summed E-state index contributed by atoms with van der Waals surface area (Å²) in [6, 6.07) is 5.75. The predicted octanol–water partition coefficient (Wildman–Crippen LogP) is 3.09. The van der Waals surface area contributed by atoms with Crippen molar-refractivity contribution in [2.45, 2.75) is 52.0 Å². The maximum atomic E-state index is 13.1. The summed E-state index contributed by atoms with van der Waals surface area (Å²) in [6.07, 6.45) is 10.2. The molecule has 162 valence electrons. The molecule has 4 bridgehead atoms. The van der Waals surface area contributed by atoms with Gasteiger partial charge in [-0.05, 0) is 80.4 Å². The minimum absolute atomic E-state index is 0.00278. The highest BCUT2D eigenvalue weighted by Crippen LogP contribution is 2.59. The van der Waals surface area contributed by atoms with Crippen molar-refractivity contribution >= 4 is 11.6 Å². The van der Waals surface area contributed by atoms with Crippen molar-refractivity contribution in [3.8, 4) is 0 Å². The topological polar surface area (TPSA) is 69.9 Å². The number of fused-ring (bicyclic) bond motifs is 1. The highest BCUT2D eigenvalue weighted by molar-refractivity contribution is 5.93. The van der Waals surface area contributed by atoms with Gasteiger partial charge in [0.15, 0.2) is 0 Å². The van der Waals surface area contributed by atoms with Gasteiger partial charge < -0.3 is 10.4 Å². The monoisotopic (exact) mass is 410 g/mol. The number of imidazole rings is 1. The number of aromatic nitrogens is 2. The number of aliphatic hydroxyl groups excluding tert-OH is 1. The normalized spacial score (nSPS) is 29.8. The number of aliphatic hydroxyl groups is 1. The number of hydrogen-bond acceptors (Lipinski definition) is 4. The van der Waals surface area contributed by atoms with E-state index in [0.29, 0.717) is 24.2 Å². The van der Waals surface area contributed by atoms with Crippen LogP contribution < -0.4 is 5.32 Å². The number of nitrogens with one attached hydrogen (secondary N) is 1. The van der Waals surface area contributed by atoms with Crippen molar-refractivity contribution in [2.75, 3.05) is 26.2 Å². The van der Waals surface area contributed by atoms with E-state index in [4.69, 9.17) is 4.98 Å². The molecule has 4 saturated carbocycles. The molecular formula is C24H34N4O2. The Hall–Kier alpha value is -1.92. The minimum Gasteiger partial charge on any atom is -0.395 e. The zero-order valence-corrected chi connectivity index (χ0v) is 18.0. The Morgan fingerprint density at radius 1 is 1.23 bits per heavy atom. The van der Waals surface area contributed by atoms with Crippen LogP contribution in [0.4, 0.5) is 0 Å². The molecule has 2 aromatic rings. The van der Waals surface area contributed by atoms with E-state index in [1.54, 1.807) is 0 Å². The van der Waals surface area contributed by atoms with Crippen molar-refractivity contribution in [3.63, 3.8) is 0 Å². The summed E-state index contributed by atoms with van der Waals surface area (Å²) >= 11 is 0. The van der Waals surface area contributed by atoms with Gasteiger partial charge in [-0.25, -0.2) is 4.98 Å². The highest BCUT2D eigenvalue weighted by Gasteiger charge is 2.50. The Morgan fingerprint density at radius 3 is 2.57 bits per heavy atom. The van der Waals surface area contributed by atoms with Gasteiger partial charge in [0.25, 0.3) is 5.91 Å². The maximum absolute atomic E-state index is 13.1. The molecular weight excluding hydrogens is 376 g/mol. The Morgan fingerprint density at radius 2 is 1.93 bits per heavy atom. The first-order valence-electron chi connectivity index (χ1n) is 11.7. The highest BCUT2D eigenvalue weighted by atomic mass is 16.3. The van der Waals surface area contributed by atoms with Crippen LogP contribution in [0, 0.1) is 23.2 Å². The Balaban J connectivity index is 1.30. The fourth-order valence-electron chi connectivity index (χ4n) is 6.91. The van der Waals surface area contributed by atoms with Gasteiger partial charge in [-0.3, -0.25) is 14.1 Å². The second-order valence-corrected chi connectivity index (χ2v) is 10.1. The number of amides is 1. The molecule has 0 saturated heterocycles. The summed E-state index contributed by atoms with van der Waals surface area (Å²) in [4.78, 5) is 20.0. The average Bonchev–Trinajstić information content (AvgIpc) is 3.13. The third kappa shape index (κ3) is 3.76. The molecule has 4 fully saturated rings. The second kappa shape index (κ2) is 7.97. The first kappa shape index (κ1) is 20.0. The van der Waals surface area contributed by atoms with Crippen LogP contribution in [-0.2, 0) is 6.54 Å². The van der Waals surface area contributed by atoms with Gasteiger partial charge in [0.2, 0.25) is 0 Å². The largest absolute Gasteiger partial charge is 0.395 e. The number of nitrogens with zero attached hydrogens (tertiary/aromatic N) is 3. The van der Waals surface area contributed by atoms with Crippen molar-refractivity contribution in [1.82, 2.24) is 19.6 Å². The number of carbonyl (C=O) groups excluding carboxylic acids is 1. The quantitative estimate of drug-likeness (QED) is 0.702. The van der Waals surface area contributed by atoms with Gasteiger partial charge >= 0.3 is 0 Å².